The van der Waals surface area contributed by atoms with E-state index in [2.05, 4.69) is 18.0 Å². The van der Waals surface area contributed by atoms with Crippen molar-refractivity contribution in [3.63, 3.8) is 0 Å². The van der Waals surface area contributed by atoms with E-state index in [1.807, 2.05) is 19.2 Å². The first-order valence-corrected chi connectivity index (χ1v) is 15.5. The molecule has 1 aromatic heterocycles. The quantitative estimate of drug-likeness (QED) is 0.230. The molecule has 5 rings (SSSR count). The number of carbonyl (C=O) groups excluding carboxylic acids is 2. The van der Waals surface area contributed by atoms with Crippen LogP contribution in [0.2, 0.25) is 0 Å². The minimum atomic E-state index is -1.58. The number of hydrogen-bond acceptors (Lipinski definition) is 8. The molecular formula is C31H40F2N3O5S+. The van der Waals surface area contributed by atoms with E-state index in [-0.39, 0.29) is 36.7 Å². The number of methoxy groups -OCH3 is 1. The van der Waals surface area contributed by atoms with Crippen molar-refractivity contribution in [3.05, 3.63) is 47.2 Å². The second kappa shape index (κ2) is 11.6. The molecule has 42 heavy (non-hydrogen) atoms. The highest BCUT2D eigenvalue weighted by molar-refractivity contribution is 8.13. The number of aliphatic hydroxyl groups is 1. The zero-order chi connectivity index (χ0) is 30.4. The summed E-state index contributed by atoms with van der Waals surface area (Å²) in [5.41, 5.74) is 0.751. The smallest absolute Gasteiger partial charge is 0.333 e. The zero-order valence-electron chi connectivity index (χ0n) is 24.5. The normalized spacial score (nSPS) is 37.3. The van der Waals surface area contributed by atoms with Crippen LogP contribution in [0, 0.1) is 45.9 Å². The molecule has 3 saturated carbocycles. The summed E-state index contributed by atoms with van der Waals surface area (Å²) in [4.78, 5) is 30.2. The number of hydrogen-bond donors (Lipinski definition) is 3. The van der Waals surface area contributed by atoms with E-state index in [0.717, 1.165) is 29.8 Å². The molecule has 2 unspecified atom stereocenters. The monoisotopic (exact) mass is 604 g/mol. The van der Waals surface area contributed by atoms with Crippen molar-refractivity contribution in [1.82, 2.24) is 4.98 Å². The van der Waals surface area contributed by atoms with Crippen LogP contribution in [-0.2, 0) is 19.1 Å². The molecule has 0 saturated heterocycles. The number of pyridine rings is 1. The van der Waals surface area contributed by atoms with Crippen LogP contribution >= 0.6 is 11.8 Å². The lowest BCUT2D eigenvalue weighted by atomic mass is 9.45. The average molecular weight is 605 g/mol. The molecule has 4 aliphatic rings. The topological polar surface area (TPSA) is 126 Å². The standard InChI is InChI=1S/C31H39F2N3O5S/c1-17-9-22-21-7-5-19-10-23(36-20-6-8-25(33)35-14-20)18(13-34)11-29(19,2)27(21)24(37)12-30(22,3)31(17,28(39)42-16-32)41-26(38)15-40-4/h6,8,10,13-14,17,21-22,24,27,34,36-37H,5,7,9,11-12,15-16H2,1-4H3/p+1/t17-,21+,22?,24+,27?,29+,30+,31+/m1/s1. The summed E-state index contributed by atoms with van der Waals surface area (Å²) in [6.07, 6.45) is 7.09. The maximum Gasteiger partial charge on any atom is 0.333 e. The second-order valence-corrected chi connectivity index (χ2v) is 13.7. The van der Waals surface area contributed by atoms with Gasteiger partial charge in [-0.1, -0.05) is 26.3 Å². The van der Waals surface area contributed by atoms with Crippen LogP contribution in [0.3, 0.4) is 0 Å². The molecule has 0 spiro atoms. The van der Waals surface area contributed by atoms with Gasteiger partial charge in [-0.15, -0.1) is 0 Å². The number of alkyl halides is 1. The highest BCUT2D eigenvalue weighted by atomic mass is 32.2. The highest BCUT2D eigenvalue weighted by Crippen LogP contribution is 2.70. The van der Waals surface area contributed by atoms with E-state index < -0.39 is 45.6 Å². The van der Waals surface area contributed by atoms with Gasteiger partial charge in [-0.2, -0.15) is 4.39 Å². The van der Waals surface area contributed by atoms with Crippen molar-refractivity contribution < 1.29 is 38.3 Å². The minimum Gasteiger partial charge on any atom is -0.447 e. The summed E-state index contributed by atoms with van der Waals surface area (Å²) in [7, 11) is 1.37. The van der Waals surface area contributed by atoms with Crippen LogP contribution in [0.1, 0.15) is 52.9 Å². The molecule has 8 nitrogen and oxygen atoms in total. The molecule has 1 heterocycles. The van der Waals surface area contributed by atoms with Crippen LogP contribution in [0.5, 0.6) is 0 Å². The molecule has 4 N–H and O–H groups in total. The molecule has 8 atom stereocenters. The van der Waals surface area contributed by atoms with Crippen molar-refractivity contribution in [2.45, 2.75) is 64.6 Å². The van der Waals surface area contributed by atoms with Crippen LogP contribution < -0.4 is 5.32 Å². The van der Waals surface area contributed by atoms with E-state index in [1.165, 1.54) is 31.2 Å². The number of esters is 1. The first-order valence-electron chi connectivity index (χ1n) is 14.5. The summed E-state index contributed by atoms with van der Waals surface area (Å²) >= 11 is 0.524. The van der Waals surface area contributed by atoms with E-state index in [9.17, 15) is 23.5 Å². The van der Waals surface area contributed by atoms with E-state index in [1.54, 1.807) is 6.07 Å². The minimum absolute atomic E-state index is 0.0355. The van der Waals surface area contributed by atoms with Gasteiger partial charge in [-0.05, 0) is 79.2 Å². The van der Waals surface area contributed by atoms with Gasteiger partial charge in [0.15, 0.2) is 11.3 Å². The molecule has 1 aromatic rings. The number of rotatable bonds is 8. The third kappa shape index (κ3) is 4.76. The number of ether oxygens (including phenoxy) is 2. The Morgan fingerprint density at radius 1 is 1.33 bits per heavy atom. The number of aliphatic hydroxyl groups excluding tert-OH is 1. The van der Waals surface area contributed by atoms with E-state index >= 15 is 0 Å². The third-order valence-corrected chi connectivity index (χ3v) is 11.4. The van der Waals surface area contributed by atoms with E-state index in [4.69, 9.17) is 14.9 Å². The van der Waals surface area contributed by atoms with Crippen molar-refractivity contribution in [2.75, 3.05) is 19.7 Å². The number of allylic oxidation sites excluding steroid dienone is 3. The average Bonchev–Trinajstić information content (AvgIpc) is 3.16. The van der Waals surface area contributed by atoms with Crippen molar-refractivity contribution in [2.24, 2.45) is 34.5 Å². The first-order chi connectivity index (χ1) is 19.9. The molecule has 3 fully saturated rings. The lowest BCUT2D eigenvalue weighted by molar-refractivity contribution is -0.513. The lowest BCUT2D eigenvalue weighted by Crippen LogP contribution is -2.76. The molecular weight excluding hydrogens is 564 g/mol. The predicted molar refractivity (Wildman–Crippen MR) is 154 cm³/mol. The Hall–Kier alpha value is -2.47. The predicted octanol–water partition coefficient (Wildman–Crippen LogP) is 4.22. The number of halogens is 2. The summed E-state index contributed by atoms with van der Waals surface area (Å²) in [5, 5.41) is 21.6. The lowest BCUT2D eigenvalue weighted by Gasteiger charge is -2.60. The van der Waals surface area contributed by atoms with E-state index in [0.29, 0.717) is 24.6 Å². The summed E-state index contributed by atoms with van der Waals surface area (Å²) < 4.78 is 37.9. The number of quaternary nitrogens is 1. The number of thioether (sulfide) groups is 1. The van der Waals surface area contributed by atoms with Gasteiger partial charge in [0.2, 0.25) is 11.1 Å². The number of carbonyl (C=O) groups is 2. The third-order valence-electron chi connectivity index (χ3n) is 10.7. The Bertz CT molecular complexity index is 1320. The fraction of sp³-hybridized carbons (Fsp3) is 0.613. The molecule has 0 aliphatic heterocycles. The largest absolute Gasteiger partial charge is 0.447 e. The van der Waals surface area contributed by atoms with Crippen LogP contribution in [0.25, 0.3) is 0 Å². The molecule has 0 aromatic carbocycles. The number of nitrogens with one attached hydrogen (secondary N) is 1. The fourth-order valence-corrected chi connectivity index (χ4v) is 9.93. The van der Waals surface area contributed by atoms with Gasteiger partial charge < -0.3 is 20.0 Å². The van der Waals surface area contributed by atoms with Crippen molar-refractivity contribution >= 4 is 34.7 Å². The highest BCUT2D eigenvalue weighted by Gasteiger charge is 2.73. The number of nitrogens with zero attached hydrogens (tertiary/aromatic N) is 1. The maximum absolute atomic E-state index is 13.7. The summed E-state index contributed by atoms with van der Waals surface area (Å²) in [6.45, 7) is 5.66. The Balaban J connectivity index is 1.50. The van der Waals surface area contributed by atoms with Crippen LogP contribution in [-0.4, -0.2) is 58.8 Å². The maximum atomic E-state index is 13.7. The Labute approximate surface area is 249 Å². The number of nitrogens with two attached hydrogens (primary N) is 1. The van der Waals surface area contributed by atoms with Gasteiger partial charge >= 0.3 is 5.97 Å². The van der Waals surface area contributed by atoms with Gasteiger partial charge in [0.1, 0.15) is 18.3 Å². The van der Waals surface area contributed by atoms with Gasteiger partial charge in [-0.3, -0.25) is 10.1 Å². The van der Waals surface area contributed by atoms with Gasteiger partial charge in [0, 0.05) is 36.3 Å². The summed E-state index contributed by atoms with van der Waals surface area (Å²) in [5.74, 6) is -1.74. The van der Waals surface area contributed by atoms with Gasteiger partial charge in [-0.25, -0.2) is 14.2 Å². The van der Waals surface area contributed by atoms with Gasteiger partial charge in [0.05, 0.1) is 12.3 Å². The summed E-state index contributed by atoms with van der Waals surface area (Å²) in [6, 6.07) is 2.03. The van der Waals surface area contributed by atoms with Crippen LogP contribution in [0.15, 0.2) is 41.2 Å². The fourth-order valence-electron chi connectivity index (χ4n) is 9.14. The molecule has 0 amide bonds. The zero-order valence-corrected chi connectivity index (χ0v) is 25.3. The van der Waals surface area contributed by atoms with Crippen molar-refractivity contribution in [1.29, 1.82) is 5.41 Å². The Kier molecular flexibility index (Phi) is 8.52. The molecule has 228 valence electrons. The molecule has 0 bridgehead atoms. The first kappa shape index (κ1) is 31.0. The second-order valence-electron chi connectivity index (χ2n) is 12.8. The number of aromatic nitrogens is 1. The number of fused-ring (bicyclic) bond motifs is 5. The van der Waals surface area contributed by atoms with Gasteiger partial charge in [0.25, 0.3) is 0 Å². The molecule has 4 aliphatic carbocycles. The van der Waals surface area contributed by atoms with Crippen molar-refractivity contribution in [3.8, 4) is 0 Å². The molecule has 0 radical (unpaired) electrons. The van der Waals surface area contributed by atoms with Crippen LogP contribution in [0.4, 0.5) is 14.5 Å². The Morgan fingerprint density at radius 2 is 2.10 bits per heavy atom. The molecule has 11 heteroatoms. The Morgan fingerprint density at radius 3 is 2.74 bits per heavy atom. The SMILES string of the molecule is COCC(=O)O[C@]1(C(=O)SCF)[C@H](C)CC2[C@@H]3CCC4=CC([NH2+]c5ccc(F)nc5)=C(C=N)C[C@]4(C)C3[C@@H](O)C[C@@]21C.